The topological polar surface area (TPSA) is 38.5 Å². The molecule has 2 atom stereocenters. The summed E-state index contributed by atoms with van der Waals surface area (Å²) >= 11 is 3.22. The second-order valence-electron chi connectivity index (χ2n) is 5.93. The summed E-state index contributed by atoms with van der Waals surface area (Å²) in [5, 5.41) is 0. The molecular formula is C17H15BrF2N2O. The zero-order chi connectivity index (χ0) is 16.1. The minimum absolute atomic E-state index is 0.210. The normalized spacial score (nSPS) is 22.5. The minimum Gasteiger partial charge on any atom is -0.455 e. The Kier molecular flexibility index (Phi) is 3.54. The highest BCUT2D eigenvalue weighted by atomic mass is 79.9. The number of ether oxygens (including phenoxy) is 1. The molecule has 2 aromatic rings. The standard InChI is InChI=1S/C17H15BrF2N2O/c18-9-7-13-15(8-11(9)20)23-14-5-1-3-10(19)16(14)17-12(21)4-2-6-22(13)17/h1,3,5,7-8,12,17H,2,4,6,21H2. The maximum Gasteiger partial charge on any atom is 0.153 e. The number of halogens is 3. The highest BCUT2D eigenvalue weighted by molar-refractivity contribution is 9.10. The summed E-state index contributed by atoms with van der Waals surface area (Å²) in [6, 6.07) is 7.18. The van der Waals surface area contributed by atoms with E-state index in [2.05, 4.69) is 15.9 Å². The first-order chi connectivity index (χ1) is 11.1. The van der Waals surface area contributed by atoms with E-state index in [-0.39, 0.29) is 17.9 Å². The summed E-state index contributed by atoms with van der Waals surface area (Å²) in [6.45, 7) is 0.723. The van der Waals surface area contributed by atoms with Crippen molar-refractivity contribution < 1.29 is 13.5 Å². The molecule has 2 aliphatic heterocycles. The van der Waals surface area contributed by atoms with Gasteiger partial charge in [0, 0.05) is 18.7 Å². The molecule has 23 heavy (non-hydrogen) atoms. The Morgan fingerprint density at radius 2 is 2.00 bits per heavy atom. The van der Waals surface area contributed by atoms with Crippen LogP contribution in [0.3, 0.4) is 0 Å². The van der Waals surface area contributed by atoms with Gasteiger partial charge in [-0.05, 0) is 47.0 Å². The summed E-state index contributed by atoms with van der Waals surface area (Å²) in [6.07, 6.45) is 1.71. The third kappa shape index (κ3) is 2.32. The Balaban J connectivity index is 1.98. The fourth-order valence-corrected chi connectivity index (χ4v) is 3.83. The maximum absolute atomic E-state index is 14.5. The smallest absolute Gasteiger partial charge is 0.153 e. The monoisotopic (exact) mass is 380 g/mol. The van der Waals surface area contributed by atoms with E-state index in [0.717, 1.165) is 25.1 Å². The predicted octanol–water partition coefficient (Wildman–Crippen LogP) is 4.50. The van der Waals surface area contributed by atoms with Gasteiger partial charge in [0.15, 0.2) is 5.75 Å². The molecule has 2 aliphatic rings. The lowest BCUT2D eigenvalue weighted by Gasteiger charge is -2.40. The Morgan fingerprint density at radius 1 is 1.17 bits per heavy atom. The lowest BCUT2D eigenvalue weighted by atomic mass is 9.90. The molecule has 0 saturated carbocycles. The molecule has 0 spiro atoms. The van der Waals surface area contributed by atoms with Crippen LogP contribution >= 0.6 is 15.9 Å². The van der Waals surface area contributed by atoms with Crippen LogP contribution in [0.25, 0.3) is 0 Å². The molecule has 2 unspecified atom stereocenters. The van der Waals surface area contributed by atoms with Crippen molar-refractivity contribution in [3.05, 3.63) is 52.0 Å². The number of hydrogen-bond acceptors (Lipinski definition) is 3. The van der Waals surface area contributed by atoms with Crippen molar-refractivity contribution in [2.24, 2.45) is 5.73 Å². The summed E-state index contributed by atoms with van der Waals surface area (Å²) in [4.78, 5) is 2.03. The average Bonchev–Trinajstić information content (AvgIpc) is 2.65. The van der Waals surface area contributed by atoms with Crippen LogP contribution in [0.15, 0.2) is 34.8 Å². The Labute approximate surface area is 141 Å². The van der Waals surface area contributed by atoms with Crippen LogP contribution in [-0.2, 0) is 0 Å². The van der Waals surface area contributed by atoms with E-state index in [1.807, 2.05) is 4.90 Å². The summed E-state index contributed by atoms with van der Waals surface area (Å²) in [7, 11) is 0. The molecule has 1 fully saturated rings. The highest BCUT2D eigenvalue weighted by Gasteiger charge is 2.38. The lowest BCUT2D eigenvalue weighted by Crippen LogP contribution is -2.46. The third-order valence-corrected chi connectivity index (χ3v) is 5.13. The van der Waals surface area contributed by atoms with Crippen LogP contribution < -0.4 is 15.4 Å². The number of anilines is 1. The van der Waals surface area contributed by atoms with Crippen molar-refractivity contribution in [2.45, 2.75) is 24.9 Å². The fraction of sp³-hybridized carbons (Fsp3) is 0.294. The number of nitrogens with zero attached hydrogens (tertiary/aromatic N) is 1. The SMILES string of the molecule is NC1CCCN2c3cc(Br)c(F)cc3Oc3cccc(F)c3C12. The summed E-state index contributed by atoms with van der Waals surface area (Å²) in [5.74, 6) is 0.0237. The highest BCUT2D eigenvalue weighted by Crippen LogP contribution is 2.49. The van der Waals surface area contributed by atoms with Gasteiger partial charge in [0.25, 0.3) is 0 Å². The number of hydrogen-bond donors (Lipinski definition) is 1. The molecule has 0 bridgehead atoms. The molecule has 0 amide bonds. The number of nitrogens with two attached hydrogens (primary N) is 1. The first-order valence-corrected chi connectivity index (χ1v) is 8.33. The number of fused-ring (bicyclic) bond motifs is 5. The largest absolute Gasteiger partial charge is 0.455 e. The van der Waals surface area contributed by atoms with E-state index < -0.39 is 5.82 Å². The zero-order valence-corrected chi connectivity index (χ0v) is 13.8. The first-order valence-electron chi connectivity index (χ1n) is 7.54. The van der Waals surface area contributed by atoms with Crippen molar-refractivity contribution in [2.75, 3.05) is 11.4 Å². The van der Waals surface area contributed by atoms with E-state index in [0.29, 0.717) is 21.5 Å². The molecule has 3 nitrogen and oxygen atoms in total. The van der Waals surface area contributed by atoms with E-state index in [9.17, 15) is 8.78 Å². The van der Waals surface area contributed by atoms with E-state index in [1.165, 1.54) is 12.1 Å². The van der Waals surface area contributed by atoms with Crippen molar-refractivity contribution >= 4 is 21.6 Å². The second-order valence-corrected chi connectivity index (χ2v) is 6.79. The van der Waals surface area contributed by atoms with Gasteiger partial charge in [0.1, 0.15) is 17.4 Å². The molecule has 2 N–H and O–H groups in total. The lowest BCUT2D eigenvalue weighted by molar-refractivity contribution is 0.395. The van der Waals surface area contributed by atoms with Gasteiger partial charge in [0.2, 0.25) is 0 Å². The Morgan fingerprint density at radius 3 is 2.83 bits per heavy atom. The van der Waals surface area contributed by atoms with Gasteiger partial charge in [-0.1, -0.05) is 6.07 Å². The number of rotatable bonds is 0. The molecule has 0 aromatic heterocycles. The van der Waals surface area contributed by atoms with Gasteiger partial charge >= 0.3 is 0 Å². The number of benzene rings is 2. The van der Waals surface area contributed by atoms with Gasteiger partial charge < -0.3 is 15.4 Å². The van der Waals surface area contributed by atoms with E-state index >= 15 is 0 Å². The number of piperidine rings is 1. The van der Waals surface area contributed by atoms with Crippen LogP contribution in [-0.4, -0.2) is 12.6 Å². The average molecular weight is 381 g/mol. The van der Waals surface area contributed by atoms with Crippen molar-refractivity contribution in [3.63, 3.8) is 0 Å². The predicted molar refractivity (Wildman–Crippen MR) is 87.9 cm³/mol. The molecular weight excluding hydrogens is 366 g/mol. The minimum atomic E-state index is -0.415. The van der Waals surface area contributed by atoms with Crippen molar-refractivity contribution in [3.8, 4) is 11.5 Å². The maximum atomic E-state index is 14.5. The van der Waals surface area contributed by atoms with Gasteiger partial charge in [-0.25, -0.2) is 8.78 Å². The molecule has 2 aromatic carbocycles. The molecule has 4 rings (SSSR count). The molecule has 6 heteroatoms. The van der Waals surface area contributed by atoms with Crippen molar-refractivity contribution in [1.82, 2.24) is 0 Å². The van der Waals surface area contributed by atoms with Crippen LogP contribution in [0.2, 0.25) is 0 Å². The van der Waals surface area contributed by atoms with E-state index in [4.69, 9.17) is 10.5 Å². The Hall–Kier alpha value is -1.66. The fourth-order valence-electron chi connectivity index (χ4n) is 3.50. The van der Waals surface area contributed by atoms with E-state index in [1.54, 1.807) is 18.2 Å². The Bertz CT molecular complexity index is 783. The van der Waals surface area contributed by atoms with Crippen LogP contribution in [0.5, 0.6) is 11.5 Å². The molecule has 2 heterocycles. The molecule has 0 radical (unpaired) electrons. The summed E-state index contributed by atoms with van der Waals surface area (Å²) < 4.78 is 34.7. The molecule has 0 aliphatic carbocycles. The third-order valence-electron chi connectivity index (χ3n) is 4.52. The summed E-state index contributed by atoms with van der Waals surface area (Å²) in [5.41, 5.74) is 7.50. The van der Waals surface area contributed by atoms with Gasteiger partial charge in [-0.2, -0.15) is 0 Å². The van der Waals surface area contributed by atoms with Gasteiger partial charge in [-0.15, -0.1) is 0 Å². The quantitative estimate of drug-likeness (QED) is 0.730. The van der Waals surface area contributed by atoms with Gasteiger partial charge in [-0.3, -0.25) is 0 Å². The van der Waals surface area contributed by atoms with Gasteiger partial charge in [0.05, 0.1) is 21.8 Å². The molecule has 1 saturated heterocycles. The zero-order valence-electron chi connectivity index (χ0n) is 12.2. The van der Waals surface area contributed by atoms with Crippen LogP contribution in [0.4, 0.5) is 14.5 Å². The second kappa shape index (κ2) is 5.46. The van der Waals surface area contributed by atoms with Crippen LogP contribution in [0.1, 0.15) is 24.4 Å². The first kappa shape index (κ1) is 14.9. The van der Waals surface area contributed by atoms with Crippen LogP contribution in [0, 0.1) is 11.6 Å². The molecule has 120 valence electrons. The van der Waals surface area contributed by atoms with Crippen molar-refractivity contribution in [1.29, 1.82) is 0 Å².